The molecule has 0 bridgehead atoms. The van der Waals surface area contributed by atoms with E-state index in [0.717, 1.165) is 6.07 Å². The van der Waals surface area contributed by atoms with Crippen molar-refractivity contribution in [3.8, 4) is 5.75 Å². The van der Waals surface area contributed by atoms with Crippen LogP contribution in [-0.2, 0) is 0 Å². The summed E-state index contributed by atoms with van der Waals surface area (Å²) >= 11 is 10.4. The van der Waals surface area contributed by atoms with E-state index in [0.29, 0.717) is 0 Å². The molecule has 0 aliphatic rings. The number of thiocarbonyl (C=S) groups is 1. The molecule has 0 amide bonds. The van der Waals surface area contributed by atoms with Crippen molar-refractivity contribution in [1.29, 1.82) is 0 Å². The molecule has 0 saturated heterocycles. The lowest BCUT2D eigenvalue weighted by atomic mass is 10.3. The van der Waals surface area contributed by atoms with E-state index in [2.05, 4.69) is 10.6 Å². The molecule has 0 radical (unpaired) electrons. The monoisotopic (exact) mass is 234 g/mol. The standard InChI is InChI=1S/C8H8ClFN2OS/c1-11-8(14)12-6-2-4(9)7(13)3-5(6)10/h2-3,13H,1H3,(H2,11,12,14). The number of phenolic OH excluding ortho intramolecular Hbond substituents is 1. The van der Waals surface area contributed by atoms with Crippen LogP contribution >= 0.6 is 23.8 Å². The van der Waals surface area contributed by atoms with Gasteiger partial charge in [-0.25, -0.2) is 4.39 Å². The Morgan fingerprint density at radius 2 is 2.21 bits per heavy atom. The number of nitrogens with one attached hydrogen (secondary N) is 2. The van der Waals surface area contributed by atoms with Crippen LogP contribution in [0.4, 0.5) is 10.1 Å². The van der Waals surface area contributed by atoms with Gasteiger partial charge in [0.2, 0.25) is 0 Å². The van der Waals surface area contributed by atoms with Crippen LogP contribution in [0.3, 0.4) is 0 Å². The molecule has 1 aromatic rings. The third-order valence-corrected chi connectivity index (χ3v) is 2.12. The van der Waals surface area contributed by atoms with Crippen LogP contribution in [-0.4, -0.2) is 17.3 Å². The van der Waals surface area contributed by atoms with Crippen LogP contribution in [0.25, 0.3) is 0 Å². The Hall–Kier alpha value is -1.07. The fourth-order valence-corrected chi connectivity index (χ4v) is 1.09. The quantitative estimate of drug-likeness (QED) is 0.514. The lowest BCUT2D eigenvalue weighted by molar-refractivity contribution is 0.470. The van der Waals surface area contributed by atoms with Crippen molar-refractivity contribution in [3.05, 3.63) is 23.0 Å². The summed E-state index contributed by atoms with van der Waals surface area (Å²) in [5.74, 6) is -0.922. The zero-order chi connectivity index (χ0) is 10.7. The van der Waals surface area contributed by atoms with Gasteiger partial charge >= 0.3 is 0 Å². The van der Waals surface area contributed by atoms with Crippen LogP contribution < -0.4 is 10.6 Å². The van der Waals surface area contributed by atoms with Crippen molar-refractivity contribution < 1.29 is 9.50 Å². The SMILES string of the molecule is CNC(=S)Nc1cc(Cl)c(O)cc1F. The maximum absolute atomic E-state index is 13.2. The van der Waals surface area contributed by atoms with E-state index in [-0.39, 0.29) is 21.6 Å². The Kier molecular flexibility index (Phi) is 3.49. The molecule has 3 N–H and O–H groups in total. The van der Waals surface area contributed by atoms with Gasteiger partial charge in [0, 0.05) is 13.1 Å². The number of benzene rings is 1. The average molecular weight is 235 g/mol. The Balaban J connectivity index is 2.98. The van der Waals surface area contributed by atoms with Crippen LogP contribution in [0.1, 0.15) is 0 Å². The summed E-state index contributed by atoms with van der Waals surface area (Å²) in [6.07, 6.45) is 0. The Labute approximate surface area is 90.9 Å². The third kappa shape index (κ3) is 2.46. The van der Waals surface area contributed by atoms with E-state index in [1.807, 2.05) is 0 Å². The van der Waals surface area contributed by atoms with Crippen LogP contribution in [0.2, 0.25) is 5.02 Å². The summed E-state index contributed by atoms with van der Waals surface area (Å²) in [7, 11) is 1.61. The molecule has 0 atom stereocenters. The van der Waals surface area contributed by atoms with Gasteiger partial charge in [-0.3, -0.25) is 0 Å². The smallest absolute Gasteiger partial charge is 0.170 e. The van der Waals surface area contributed by atoms with Gasteiger partial charge in [-0.05, 0) is 18.3 Å². The van der Waals surface area contributed by atoms with Crippen molar-refractivity contribution in [1.82, 2.24) is 5.32 Å². The van der Waals surface area contributed by atoms with E-state index in [1.165, 1.54) is 6.07 Å². The summed E-state index contributed by atoms with van der Waals surface area (Å²) in [6.45, 7) is 0. The summed E-state index contributed by atoms with van der Waals surface area (Å²) in [6, 6.07) is 2.18. The normalized spacial score (nSPS) is 9.64. The van der Waals surface area contributed by atoms with Gasteiger partial charge in [0.25, 0.3) is 0 Å². The number of rotatable bonds is 1. The van der Waals surface area contributed by atoms with Gasteiger partial charge in [0.1, 0.15) is 11.6 Å². The van der Waals surface area contributed by atoms with Gasteiger partial charge in [0.05, 0.1) is 10.7 Å². The Morgan fingerprint density at radius 1 is 1.57 bits per heavy atom. The first-order valence-corrected chi connectivity index (χ1v) is 4.50. The molecule has 0 aliphatic carbocycles. The highest BCUT2D eigenvalue weighted by Gasteiger charge is 2.08. The highest BCUT2D eigenvalue weighted by atomic mass is 35.5. The fourth-order valence-electron chi connectivity index (χ4n) is 0.817. The Bertz CT molecular complexity index is 373. The maximum Gasteiger partial charge on any atom is 0.170 e. The van der Waals surface area contributed by atoms with E-state index in [4.69, 9.17) is 28.9 Å². The molecule has 0 unspecified atom stereocenters. The van der Waals surface area contributed by atoms with Gasteiger partial charge < -0.3 is 15.7 Å². The summed E-state index contributed by atoms with van der Waals surface area (Å²) in [4.78, 5) is 0. The minimum absolute atomic E-state index is 0.0628. The van der Waals surface area contributed by atoms with Gasteiger partial charge in [0.15, 0.2) is 5.11 Å². The molecule has 3 nitrogen and oxygen atoms in total. The molecule has 14 heavy (non-hydrogen) atoms. The van der Waals surface area contributed by atoms with E-state index >= 15 is 0 Å². The molecule has 6 heteroatoms. The van der Waals surface area contributed by atoms with E-state index in [1.54, 1.807) is 7.05 Å². The number of aromatic hydroxyl groups is 1. The average Bonchev–Trinajstić information content (AvgIpc) is 2.14. The maximum atomic E-state index is 13.2. The molecule has 0 aliphatic heterocycles. The number of anilines is 1. The molecular formula is C8H8ClFN2OS. The lowest BCUT2D eigenvalue weighted by Crippen LogP contribution is -2.24. The lowest BCUT2D eigenvalue weighted by Gasteiger charge is -2.08. The number of phenols is 1. The highest BCUT2D eigenvalue weighted by molar-refractivity contribution is 7.80. The minimum Gasteiger partial charge on any atom is -0.506 e. The molecular weight excluding hydrogens is 227 g/mol. The second-order valence-corrected chi connectivity index (χ2v) is 3.30. The zero-order valence-electron chi connectivity index (χ0n) is 7.27. The predicted molar refractivity (Wildman–Crippen MR) is 58.4 cm³/mol. The molecule has 0 spiro atoms. The second kappa shape index (κ2) is 4.43. The summed E-state index contributed by atoms with van der Waals surface area (Å²) < 4.78 is 13.2. The summed E-state index contributed by atoms with van der Waals surface area (Å²) in [5.41, 5.74) is 0.118. The van der Waals surface area contributed by atoms with E-state index in [9.17, 15) is 4.39 Å². The van der Waals surface area contributed by atoms with Crippen molar-refractivity contribution >= 4 is 34.6 Å². The first-order chi connectivity index (χ1) is 6.54. The van der Waals surface area contributed by atoms with Crippen molar-refractivity contribution in [2.75, 3.05) is 12.4 Å². The fraction of sp³-hybridized carbons (Fsp3) is 0.125. The van der Waals surface area contributed by atoms with Crippen LogP contribution in [0.5, 0.6) is 5.75 Å². The first kappa shape index (κ1) is 11.0. The number of hydrogen-bond acceptors (Lipinski definition) is 2. The van der Waals surface area contributed by atoms with Crippen molar-refractivity contribution in [3.63, 3.8) is 0 Å². The molecule has 1 rings (SSSR count). The second-order valence-electron chi connectivity index (χ2n) is 2.49. The van der Waals surface area contributed by atoms with Gasteiger partial charge in [-0.15, -0.1) is 0 Å². The topological polar surface area (TPSA) is 44.3 Å². The molecule has 0 saturated carbocycles. The highest BCUT2D eigenvalue weighted by Crippen LogP contribution is 2.28. The molecule has 1 aromatic carbocycles. The predicted octanol–water partition coefficient (Wildman–Crippen LogP) is 2.10. The van der Waals surface area contributed by atoms with Crippen molar-refractivity contribution in [2.24, 2.45) is 0 Å². The Morgan fingerprint density at radius 3 is 2.79 bits per heavy atom. The largest absolute Gasteiger partial charge is 0.506 e. The first-order valence-electron chi connectivity index (χ1n) is 3.71. The number of halogens is 2. The number of hydrogen-bond donors (Lipinski definition) is 3. The van der Waals surface area contributed by atoms with E-state index < -0.39 is 5.82 Å². The van der Waals surface area contributed by atoms with Gasteiger partial charge in [-0.1, -0.05) is 11.6 Å². The third-order valence-electron chi connectivity index (χ3n) is 1.51. The molecule has 0 fully saturated rings. The van der Waals surface area contributed by atoms with Crippen LogP contribution in [0.15, 0.2) is 12.1 Å². The van der Waals surface area contributed by atoms with Crippen LogP contribution in [0, 0.1) is 5.82 Å². The van der Waals surface area contributed by atoms with Crippen molar-refractivity contribution in [2.45, 2.75) is 0 Å². The molecule has 0 aromatic heterocycles. The zero-order valence-corrected chi connectivity index (χ0v) is 8.84. The van der Waals surface area contributed by atoms with Gasteiger partial charge in [-0.2, -0.15) is 0 Å². The summed E-state index contributed by atoms with van der Waals surface area (Å²) in [5, 5.41) is 14.6. The minimum atomic E-state index is -0.621. The molecule has 76 valence electrons. The molecule has 0 heterocycles.